The number of H-pyrrole nitrogens is 1. The van der Waals surface area contributed by atoms with Gasteiger partial charge in [-0.05, 0) is 24.2 Å². The molecule has 1 atom stereocenters. The first-order chi connectivity index (χ1) is 12.1. The van der Waals surface area contributed by atoms with Crippen LogP contribution >= 0.6 is 11.8 Å². The van der Waals surface area contributed by atoms with Gasteiger partial charge in [-0.3, -0.25) is 4.79 Å². The van der Waals surface area contributed by atoms with Gasteiger partial charge in [0.05, 0.1) is 24.8 Å². The number of nitrogens with one attached hydrogen (secondary N) is 1. The second kappa shape index (κ2) is 6.58. The van der Waals surface area contributed by atoms with Crippen LogP contribution in [0.2, 0.25) is 0 Å². The van der Waals surface area contributed by atoms with Gasteiger partial charge in [-0.2, -0.15) is 21.2 Å². The summed E-state index contributed by atoms with van der Waals surface area (Å²) in [6, 6.07) is 1.38. The summed E-state index contributed by atoms with van der Waals surface area (Å²) >= 11 is 1.80. The van der Waals surface area contributed by atoms with Crippen LogP contribution in [0.4, 0.5) is 0 Å². The average molecular weight is 381 g/mol. The van der Waals surface area contributed by atoms with Gasteiger partial charge >= 0.3 is 0 Å². The van der Waals surface area contributed by atoms with Crippen LogP contribution < -0.4 is 5.56 Å². The number of fused-ring (bicyclic) bond motifs is 1. The molecular weight excluding hydrogens is 362 g/mol. The first kappa shape index (κ1) is 16.8. The third-order valence-electron chi connectivity index (χ3n) is 4.67. The highest BCUT2D eigenvalue weighted by Crippen LogP contribution is 2.26. The van der Waals surface area contributed by atoms with Gasteiger partial charge in [-0.1, -0.05) is 0 Å². The van der Waals surface area contributed by atoms with Gasteiger partial charge < -0.3 is 4.98 Å². The predicted molar refractivity (Wildman–Crippen MR) is 93.9 cm³/mol. The summed E-state index contributed by atoms with van der Waals surface area (Å²) in [5.41, 5.74) is 1.80. The SMILES string of the molecule is O=c1cc2c(nn1CC1CCCN1S(=O)(=O)c1cnc[nH]1)CCSC2. The minimum absolute atomic E-state index is 0.0853. The van der Waals surface area contributed by atoms with E-state index in [0.717, 1.165) is 35.6 Å². The quantitative estimate of drug-likeness (QED) is 0.833. The predicted octanol–water partition coefficient (Wildman–Crippen LogP) is 0.609. The van der Waals surface area contributed by atoms with E-state index in [1.807, 2.05) is 0 Å². The Morgan fingerprint density at radius 1 is 1.40 bits per heavy atom. The van der Waals surface area contributed by atoms with Gasteiger partial charge in [0.15, 0.2) is 5.03 Å². The van der Waals surface area contributed by atoms with Crippen molar-refractivity contribution in [2.24, 2.45) is 0 Å². The lowest BCUT2D eigenvalue weighted by molar-refractivity contribution is 0.333. The van der Waals surface area contributed by atoms with E-state index in [9.17, 15) is 13.2 Å². The maximum atomic E-state index is 12.8. The lowest BCUT2D eigenvalue weighted by atomic mass is 10.2. The molecule has 4 heterocycles. The van der Waals surface area contributed by atoms with Gasteiger partial charge in [0.1, 0.15) is 0 Å². The normalized spacial score (nSPS) is 21.4. The highest BCUT2D eigenvalue weighted by molar-refractivity contribution is 7.98. The largest absolute Gasteiger partial charge is 0.335 e. The zero-order valence-electron chi connectivity index (χ0n) is 13.6. The van der Waals surface area contributed by atoms with E-state index in [1.54, 1.807) is 17.8 Å². The number of hydrogen-bond donors (Lipinski definition) is 1. The molecule has 0 saturated carbocycles. The van der Waals surface area contributed by atoms with Gasteiger partial charge in [0, 0.05) is 30.8 Å². The first-order valence-corrected chi connectivity index (χ1v) is 10.8. The molecule has 2 aromatic heterocycles. The smallest absolute Gasteiger partial charge is 0.267 e. The molecule has 10 heteroatoms. The third kappa shape index (κ3) is 3.13. The number of hydrogen-bond acceptors (Lipinski definition) is 6. The molecule has 0 aromatic carbocycles. The number of rotatable bonds is 4. The monoisotopic (exact) mass is 381 g/mol. The van der Waals surface area contributed by atoms with Crippen LogP contribution in [0.25, 0.3) is 0 Å². The fraction of sp³-hybridized carbons (Fsp3) is 0.533. The van der Waals surface area contributed by atoms with Crippen molar-refractivity contribution >= 4 is 21.8 Å². The molecule has 2 aromatic rings. The van der Waals surface area contributed by atoms with Crippen LogP contribution in [-0.2, 0) is 28.7 Å². The van der Waals surface area contributed by atoms with Crippen LogP contribution in [-0.4, -0.2) is 50.8 Å². The lowest BCUT2D eigenvalue weighted by Crippen LogP contribution is -2.41. The van der Waals surface area contributed by atoms with Gasteiger partial charge in [0.2, 0.25) is 0 Å². The molecule has 0 bridgehead atoms. The summed E-state index contributed by atoms with van der Waals surface area (Å²) in [6.45, 7) is 0.731. The van der Waals surface area contributed by atoms with Crippen molar-refractivity contribution in [3.05, 3.63) is 40.2 Å². The van der Waals surface area contributed by atoms with Crippen LogP contribution in [0.5, 0.6) is 0 Å². The van der Waals surface area contributed by atoms with E-state index in [0.29, 0.717) is 13.0 Å². The second-order valence-corrected chi connectivity index (χ2v) is 9.23. The van der Waals surface area contributed by atoms with Crippen molar-refractivity contribution in [1.82, 2.24) is 24.1 Å². The Morgan fingerprint density at radius 2 is 2.28 bits per heavy atom. The zero-order valence-corrected chi connectivity index (χ0v) is 15.2. The maximum absolute atomic E-state index is 12.8. The number of thioether (sulfide) groups is 1. The van der Waals surface area contributed by atoms with Crippen LogP contribution in [0.15, 0.2) is 28.4 Å². The number of sulfonamides is 1. The van der Waals surface area contributed by atoms with E-state index in [2.05, 4.69) is 15.1 Å². The molecule has 1 unspecified atom stereocenters. The van der Waals surface area contributed by atoms with E-state index in [4.69, 9.17) is 0 Å². The molecule has 0 aliphatic carbocycles. The van der Waals surface area contributed by atoms with Crippen molar-refractivity contribution < 1.29 is 8.42 Å². The fourth-order valence-electron chi connectivity index (χ4n) is 3.40. The molecule has 4 rings (SSSR count). The number of aryl methyl sites for hydroxylation is 1. The molecule has 0 radical (unpaired) electrons. The highest BCUT2D eigenvalue weighted by atomic mass is 32.2. The number of imidazole rings is 1. The summed E-state index contributed by atoms with van der Waals surface area (Å²) in [5.74, 6) is 1.82. The van der Waals surface area contributed by atoms with Crippen molar-refractivity contribution in [2.75, 3.05) is 12.3 Å². The van der Waals surface area contributed by atoms with E-state index in [1.165, 1.54) is 21.5 Å². The highest BCUT2D eigenvalue weighted by Gasteiger charge is 2.36. The molecule has 8 nitrogen and oxygen atoms in total. The minimum atomic E-state index is -3.63. The summed E-state index contributed by atoms with van der Waals surface area (Å²) in [5, 5.41) is 4.59. The molecule has 1 N–H and O–H groups in total. The molecule has 2 aliphatic heterocycles. The Labute approximate surface area is 149 Å². The summed E-state index contributed by atoms with van der Waals surface area (Å²) in [6.07, 6.45) is 5.00. The van der Waals surface area contributed by atoms with Crippen LogP contribution in [0.3, 0.4) is 0 Å². The van der Waals surface area contributed by atoms with Crippen LogP contribution in [0, 0.1) is 0 Å². The Kier molecular flexibility index (Phi) is 4.42. The van der Waals surface area contributed by atoms with E-state index < -0.39 is 10.0 Å². The molecule has 0 spiro atoms. The standard InChI is InChI=1S/C15H19N5O3S2/c21-15-6-11-9-24-5-3-13(11)18-19(15)8-12-2-1-4-20(12)25(22,23)14-7-16-10-17-14/h6-7,10,12H,1-5,8-9H2,(H,16,17). The zero-order chi connectivity index (χ0) is 17.4. The summed E-state index contributed by atoms with van der Waals surface area (Å²) < 4.78 is 28.4. The summed E-state index contributed by atoms with van der Waals surface area (Å²) in [4.78, 5) is 18.8. The van der Waals surface area contributed by atoms with Crippen molar-refractivity contribution in [3.8, 4) is 0 Å². The molecule has 25 heavy (non-hydrogen) atoms. The molecule has 2 aliphatic rings. The average Bonchev–Trinajstić information content (AvgIpc) is 3.27. The number of aromatic amines is 1. The molecule has 134 valence electrons. The lowest BCUT2D eigenvalue weighted by Gasteiger charge is -2.24. The molecule has 1 saturated heterocycles. The molecular formula is C15H19N5O3S2. The second-order valence-electron chi connectivity index (χ2n) is 6.27. The van der Waals surface area contributed by atoms with Crippen molar-refractivity contribution in [2.45, 2.75) is 42.6 Å². The molecule has 1 fully saturated rings. The van der Waals surface area contributed by atoms with E-state index in [-0.39, 0.29) is 23.2 Å². The van der Waals surface area contributed by atoms with Crippen LogP contribution in [0.1, 0.15) is 24.1 Å². The third-order valence-corrected chi connectivity index (χ3v) is 7.56. The number of aromatic nitrogens is 4. The van der Waals surface area contributed by atoms with E-state index >= 15 is 0 Å². The van der Waals surface area contributed by atoms with Crippen molar-refractivity contribution in [1.29, 1.82) is 0 Å². The Hall–Kier alpha value is -1.65. The fourth-order valence-corrected chi connectivity index (χ4v) is 5.94. The molecule has 0 amide bonds. The van der Waals surface area contributed by atoms with Gasteiger partial charge in [-0.25, -0.2) is 18.1 Å². The topological polar surface area (TPSA) is 101 Å². The van der Waals surface area contributed by atoms with Crippen molar-refractivity contribution in [3.63, 3.8) is 0 Å². The first-order valence-electron chi connectivity index (χ1n) is 8.23. The maximum Gasteiger partial charge on any atom is 0.267 e. The minimum Gasteiger partial charge on any atom is -0.335 e. The Bertz CT molecular complexity index is 923. The number of nitrogens with zero attached hydrogens (tertiary/aromatic N) is 4. The Balaban J connectivity index is 1.61. The summed E-state index contributed by atoms with van der Waals surface area (Å²) in [7, 11) is -3.63. The Morgan fingerprint density at radius 3 is 3.08 bits per heavy atom. The van der Waals surface area contributed by atoms with Gasteiger partial charge in [0.25, 0.3) is 15.6 Å². The van der Waals surface area contributed by atoms with Gasteiger partial charge in [-0.15, -0.1) is 0 Å².